The lowest BCUT2D eigenvalue weighted by Crippen LogP contribution is -2.24. The lowest BCUT2D eigenvalue weighted by molar-refractivity contribution is -0.123. The van der Waals surface area contributed by atoms with Crippen molar-refractivity contribution in [3.8, 4) is 17.2 Å². The predicted octanol–water partition coefficient (Wildman–Crippen LogP) is 5.25. The van der Waals surface area contributed by atoms with Gasteiger partial charge in [-0.25, -0.2) is 10.2 Å². The van der Waals surface area contributed by atoms with E-state index >= 15 is 0 Å². The molecule has 176 valence electrons. The van der Waals surface area contributed by atoms with Gasteiger partial charge in [-0.05, 0) is 47.3 Å². The van der Waals surface area contributed by atoms with Gasteiger partial charge in [-0.2, -0.15) is 5.10 Å². The Kier molecular flexibility index (Phi) is 7.60. The average Bonchev–Trinajstić information content (AvgIpc) is 2.88. The van der Waals surface area contributed by atoms with Crippen LogP contribution in [0.1, 0.15) is 15.9 Å². The number of benzene rings is 4. The van der Waals surface area contributed by atoms with Crippen molar-refractivity contribution in [2.45, 2.75) is 0 Å². The number of carbonyl (C=O) groups is 2. The molecule has 0 saturated heterocycles. The quantitative estimate of drug-likeness (QED) is 0.158. The van der Waals surface area contributed by atoms with Gasteiger partial charge in [0.05, 0.1) is 23.9 Å². The highest BCUT2D eigenvalue weighted by Gasteiger charge is 2.15. The summed E-state index contributed by atoms with van der Waals surface area (Å²) in [6.45, 7) is -0.189. The molecule has 4 aromatic carbocycles. The van der Waals surface area contributed by atoms with Gasteiger partial charge in [0.15, 0.2) is 18.1 Å². The molecule has 0 unspecified atom stereocenters. The summed E-state index contributed by atoms with van der Waals surface area (Å²) in [5.41, 5.74) is 3.29. The fraction of sp³-hybridized carbons (Fsp3) is 0.0741. The van der Waals surface area contributed by atoms with E-state index in [0.29, 0.717) is 22.1 Å². The second-order valence-corrected chi connectivity index (χ2v) is 7.75. The molecule has 0 aliphatic carbocycles. The maximum Gasteiger partial charge on any atom is 0.345 e. The van der Waals surface area contributed by atoms with Crippen molar-refractivity contribution in [3.63, 3.8) is 0 Å². The molecule has 0 spiro atoms. The molecule has 0 aliphatic heterocycles. The molecule has 8 heteroatoms. The molecule has 0 aliphatic rings. The average molecular weight is 489 g/mol. The summed E-state index contributed by atoms with van der Waals surface area (Å²) in [6, 6.07) is 24.9. The highest BCUT2D eigenvalue weighted by Crippen LogP contribution is 2.29. The summed E-state index contributed by atoms with van der Waals surface area (Å²) in [5.74, 6) is 0.149. The number of amides is 1. The molecule has 0 atom stereocenters. The van der Waals surface area contributed by atoms with E-state index in [9.17, 15) is 9.59 Å². The molecule has 1 N–H and O–H groups in total. The molecule has 0 radical (unpaired) electrons. The summed E-state index contributed by atoms with van der Waals surface area (Å²) < 4.78 is 16.4. The maximum absolute atomic E-state index is 12.4. The molecular formula is C27H21ClN2O5. The molecule has 0 aromatic heterocycles. The fourth-order valence-electron chi connectivity index (χ4n) is 3.31. The van der Waals surface area contributed by atoms with Crippen molar-refractivity contribution in [1.82, 2.24) is 5.43 Å². The number of halogens is 1. The van der Waals surface area contributed by atoms with E-state index in [1.54, 1.807) is 42.5 Å². The summed E-state index contributed by atoms with van der Waals surface area (Å²) >= 11 is 6.06. The Hall–Kier alpha value is -4.36. The van der Waals surface area contributed by atoms with E-state index < -0.39 is 11.9 Å². The van der Waals surface area contributed by atoms with Crippen LogP contribution in [0.2, 0.25) is 5.02 Å². The SMILES string of the molecule is COc1cc(C=NNC(=O)COc2cccc3ccccc23)ccc1OC(=O)c1ccccc1Cl. The smallest absolute Gasteiger partial charge is 0.345 e. The van der Waals surface area contributed by atoms with Crippen molar-refractivity contribution in [2.75, 3.05) is 13.7 Å². The Morgan fingerprint density at radius 2 is 1.69 bits per heavy atom. The van der Waals surface area contributed by atoms with E-state index in [1.165, 1.54) is 13.3 Å². The Labute approximate surface area is 206 Å². The number of esters is 1. The number of nitrogens with one attached hydrogen (secondary N) is 1. The topological polar surface area (TPSA) is 86.2 Å². The number of hydrazone groups is 1. The van der Waals surface area contributed by atoms with E-state index in [2.05, 4.69) is 10.5 Å². The van der Waals surface area contributed by atoms with Gasteiger partial charge < -0.3 is 14.2 Å². The number of ether oxygens (including phenoxy) is 3. The number of hydrogen-bond donors (Lipinski definition) is 1. The Bertz CT molecular complexity index is 1400. The van der Waals surface area contributed by atoms with Crippen molar-refractivity contribution < 1.29 is 23.8 Å². The second-order valence-electron chi connectivity index (χ2n) is 7.34. The number of fused-ring (bicyclic) bond motifs is 1. The first-order chi connectivity index (χ1) is 17.0. The highest BCUT2D eigenvalue weighted by atomic mass is 35.5. The van der Waals surface area contributed by atoms with Crippen molar-refractivity contribution >= 4 is 40.5 Å². The molecular weight excluding hydrogens is 468 g/mol. The van der Waals surface area contributed by atoms with Crippen LogP contribution in [-0.2, 0) is 4.79 Å². The van der Waals surface area contributed by atoms with Crippen LogP contribution in [0.4, 0.5) is 0 Å². The largest absolute Gasteiger partial charge is 0.493 e. The van der Waals surface area contributed by atoms with Gasteiger partial charge in [-0.3, -0.25) is 4.79 Å². The van der Waals surface area contributed by atoms with Crippen molar-refractivity contribution in [3.05, 3.63) is 101 Å². The maximum atomic E-state index is 12.4. The zero-order valence-electron chi connectivity index (χ0n) is 18.7. The first kappa shape index (κ1) is 23.8. The van der Waals surface area contributed by atoms with Crippen LogP contribution in [0.25, 0.3) is 10.8 Å². The molecule has 0 saturated carbocycles. The van der Waals surface area contributed by atoms with Crippen LogP contribution in [0, 0.1) is 0 Å². The van der Waals surface area contributed by atoms with Gasteiger partial charge in [0, 0.05) is 5.39 Å². The normalized spacial score (nSPS) is 10.8. The van der Waals surface area contributed by atoms with Gasteiger partial charge in [-0.15, -0.1) is 0 Å². The van der Waals surface area contributed by atoms with Crippen LogP contribution >= 0.6 is 11.6 Å². The van der Waals surface area contributed by atoms with Gasteiger partial charge in [-0.1, -0.05) is 60.1 Å². The minimum Gasteiger partial charge on any atom is -0.493 e. The van der Waals surface area contributed by atoms with E-state index in [0.717, 1.165) is 10.8 Å². The van der Waals surface area contributed by atoms with E-state index in [-0.39, 0.29) is 17.9 Å². The van der Waals surface area contributed by atoms with Crippen LogP contribution in [-0.4, -0.2) is 31.8 Å². The zero-order chi connectivity index (χ0) is 24.6. The second kappa shape index (κ2) is 11.2. The third-order valence-corrected chi connectivity index (χ3v) is 5.32. The van der Waals surface area contributed by atoms with Crippen molar-refractivity contribution in [1.29, 1.82) is 0 Å². The molecule has 4 aromatic rings. The lowest BCUT2D eigenvalue weighted by Gasteiger charge is -2.10. The van der Waals surface area contributed by atoms with E-state index in [4.69, 9.17) is 25.8 Å². The number of methoxy groups -OCH3 is 1. The molecule has 4 rings (SSSR count). The third kappa shape index (κ3) is 5.96. The monoisotopic (exact) mass is 488 g/mol. The first-order valence-corrected chi connectivity index (χ1v) is 11.0. The van der Waals surface area contributed by atoms with Crippen LogP contribution in [0.15, 0.2) is 90.0 Å². The minimum atomic E-state index is -0.603. The van der Waals surface area contributed by atoms with Gasteiger partial charge in [0.25, 0.3) is 5.91 Å². The van der Waals surface area contributed by atoms with Gasteiger partial charge >= 0.3 is 5.97 Å². The lowest BCUT2D eigenvalue weighted by atomic mass is 10.1. The number of nitrogens with zero attached hydrogens (tertiary/aromatic N) is 1. The molecule has 0 bridgehead atoms. The van der Waals surface area contributed by atoms with Gasteiger partial charge in [0.2, 0.25) is 0 Å². The Balaban J connectivity index is 1.35. The molecule has 0 fully saturated rings. The van der Waals surface area contributed by atoms with Gasteiger partial charge in [0.1, 0.15) is 5.75 Å². The van der Waals surface area contributed by atoms with Crippen LogP contribution < -0.4 is 19.6 Å². The number of hydrogen-bond acceptors (Lipinski definition) is 6. The van der Waals surface area contributed by atoms with E-state index in [1.807, 2.05) is 42.5 Å². The molecule has 0 heterocycles. The van der Waals surface area contributed by atoms with Crippen LogP contribution in [0.5, 0.6) is 17.2 Å². The predicted molar refractivity (Wildman–Crippen MR) is 135 cm³/mol. The molecule has 1 amide bonds. The Morgan fingerprint density at radius 1 is 0.914 bits per heavy atom. The summed E-state index contributed by atoms with van der Waals surface area (Å²) in [6.07, 6.45) is 1.44. The zero-order valence-corrected chi connectivity index (χ0v) is 19.5. The van der Waals surface area contributed by atoms with Crippen LogP contribution in [0.3, 0.4) is 0 Å². The molecule has 35 heavy (non-hydrogen) atoms. The van der Waals surface area contributed by atoms with Crippen molar-refractivity contribution in [2.24, 2.45) is 5.10 Å². The number of carbonyl (C=O) groups excluding carboxylic acids is 2. The number of rotatable bonds is 8. The minimum absolute atomic E-state index is 0.189. The highest BCUT2D eigenvalue weighted by molar-refractivity contribution is 6.33. The summed E-state index contributed by atoms with van der Waals surface area (Å²) in [5, 5.41) is 6.20. The first-order valence-electron chi connectivity index (χ1n) is 10.6. The third-order valence-electron chi connectivity index (χ3n) is 5.00. The fourth-order valence-corrected chi connectivity index (χ4v) is 3.52. The summed E-state index contributed by atoms with van der Waals surface area (Å²) in [7, 11) is 1.45. The Morgan fingerprint density at radius 3 is 2.51 bits per heavy atom. The standard InChI is InChI=1S/C27H21ClN2O5/c1-33-25-15-18(13-14-24(25)35-27(32)21-10-4-5-11-22(21)28)16-29-30-26(31)17-34-23-12-6-8-19-7-2-3-9-20(19)23/h2-16H,17H2,1H3,(H,30,31). The summed E-state index contributed by atoms with van der Waals surface area (Å²) in [4.78, 5) is 24.6. The molecule has 7 nitrogen and oxygen atoms in total.